The molecule has 22 heavy (non-hydrogen) atoms. The molecule has 0 fully saturated rings. The van der Waals surface area contributed by atoms with Crippen LogP contribution < -0.4 is 5.32 Å². The number of carbonyl (C=O) groups excluding carboxylic acids is 1. The molecule has 5 heteroatoms. The van der Waals surface area contributed by atoms with E-state index >= 15 is 0 Å². The van der Waals surface area contributed by atoms with Gasteiger partial charge in [0.25, 0.3) is 0 Å². The highest BCUT2D eigenvalue weighted by atomic mass is 32.1. The van der Waals surface area contributed by atoms with Crippen molar-refractivity contribution in [2.24, 2.45) is 0 Å². The van der Waals surface area contributed by atoms with Gasteiger partial charge in [0.2, 0.25) is 5.91 Å². The Hall–Kier alpha value is -1.98. The highest BCUT2D eigenvalue weighted by Gasteiger charge is 2.08. The second-order valence-electron chi connectivity index (χ2n) is 4.96. The Bertz CT molecular complexity index is 762. The molecule has 0 saturated heterocycles. The molecule has 0 atom stereocenters. The maximum absolute atomic E-state index is 11.0. The second kappa shape index (κ2) is 6.85. The van der Waals surface area contributed by atoms with E-state index in [4.69, 9.17) is 4.98 Å². The molecule has 112 valence electrons. The number of nitrogens with one attached hydrogen (secondary N) is 1. The van der Waals surface area contributed by atoms with Gasteiger partial charge in [0.1, 0.15) is 0 Å². The Morgan fingerprint density at radius 3 is 2.77 bits per heavy atom. The molecule has 0 radical (unpaired) electrons. The molecule has 1 amide bonds. The predicted octanol–water partition coefficient (Wildman–Crippen LogP) is 4.10. The summed E-state index contributed by atoms with van der Waals surface area (Å²) < 4.78 is 0. The van der Waals surface area contributed by atoms with Crippen LogP contribution in [-0.2, 0) is 17.8 Å². The van der Waals surface area contributed by atoms with Gasteiger partial charge in [0, 0.05) is 23.6 Å². The molecule has 0 aliphatic rings. The molecule has 0 aliphatic carbocycles. The van der Waals surface area contributed by atoms with Crippen molar-refractivity contribution >= 4 is 28.6 Å². The summed E-state index contributed by atoms with van der Waals surface area (Å²) in [6.07, 6.45) is 0.871. The lowest BCUT2D eigenvalue weighted by Crippen LogP contribution is -2.17. The third kappa shape index (κ3) is 3.81. The van der Waals surface area contributed by atoms with Gasteiger partial charge >= 0.3 is 0 Å². The third-order valence-corrected chi connectivity index (χ3v) is 5.13. The molecule has 3 aromatic rings. The summed E-state index contributed by atoms with van der Waals surface area (Å²) in [5.74, 6) is -0.00578. The number of rotatable bonds is 5. The lowest BCUT2D eigenvalue weighted by molar-refractivity contribution is -0.119. The SMILES string of the molecule is CC(=O)NCc1ccc(-c2csc(Cc3ccccc3)n2)s1. The van der Waals surface area contributed by atoms with Crippen molar-refractivity contribution in [2.75, 3.05) is 0 Å². The summed E-state index contributed by atoms with van der Waals surface area (Å²) in [5.41, 5.74) is 2.30. The minimum atomic E-state index is -0.00578. The summed E-state index contributed by atoms with van der Waals surface area (Å²) in [7, 11) is 0. The van der Waals surface area contributed by atoms with Crippen molar-refractivity contribution in [3.05, 3.63) is 63.3 Å². The van der Waals surface area contributed by atoms with E-state index in [9.17, 15) is 4.79 Å². The van der Waals surface area contributed by atoms with Crippen molar-refractivity contribution in [1.29, 1.82) is 0 Å². The molecule has 0 aliphatic heterocycles. The number of benzene rings is 1. The van der Waals surface area contributed by atoms with E-state index in [-0.39, 0.29) is 5.91 Å². The first-order valence-corrected chi connectivity index (χ1v) is 8.72. The molecule has 0 unspecified atom stereocenters. The maximum Gasteiger partial charge on any atom is 0.217 e. The van der Waals surface area contributed by atoms with Crippen LogP contribution >= 0.6 is 22.7 Å². The van der Waals surface area contributed by atoms with Crippen molar-refractivity contribution in [3.8, 4) is 10.6 Å². The monoisotopic (exact) mass is 328 g/mol. The highest BCUT2D eigenvalue weighted by molar-refractivity contribution is 7.16. The Morgan fingerprint density at radius 2 is 2.00 bits per heavy atom. The number of carbonyl (C=O) groups is 1. The topological polar surface area (TPSA) is 42.0 Å². The Labute approximate surface area is 137 Å². The molecule has 1 aromatic carbocycles. The lowest BCUT2D eigenvalue weighted by Gasteiger charge is -1.97. The standard InChI is InChI=1S/C17H16N2OS2/c1-12(20)18-10-14-7-8-16(22-14)15-11-21-17(19-15)9-13-5-3-2-4-6-13/h2-8,11H,9-10H2,1H3,(H,18,20). The number of amides is 1. The minimum Gasteiger partial charge on any atom is -0.351 e. The molecule has 2 aromatic heterocycles. The number of thiophene rings is 1. The van der Waals surface area contributed by atoms with E-state index in [1.165, 1.54) is 12.5 Å². The minimum absolute atomic E-state index is 0.00578. The number of thiazole rings is 1. The number of hydrogen-bond acceptors (Lipinski definition) is 4. The first kappa shape index (κ1) is 14.9. The van der Waals surface area contributed by atoms with Gasteiger partial charge < -0.3 is 5.32 Å². The van der Waals surface area contributed by atoms with E-state index in [0.717, 1.165) is 26.9 Å². The van der Waals surface area contributed by atoms with Gasteiger partial charge in [0.15, 0.2) is 0 Å². The number of hydrogen-bond donors (Lipinski definition) is 1. The van der Waals surface area contributed by atoms with Crippen LogP contribution in [-0.4, -0.2) is 10.9 Å². The summed E-state index contributed by atoms with van der Waals surface area (Å²) in [5, 5.41) is 6.04. The van der Waals surface area contributed by atoms with E-state index in [1.54, 1.807) is 22.7 Å². The predicted molar refractivity (Wildman–Crippen MR) is 92.2 cm³/mol. The highest BCUT2D eigenvalue weighted by Crippen LogP contribution is 2.29. The molecule has 3 nitrogen and oxygen atoms in total. The molecule has 0 spiro atoms. The third-order valence-electron chi connectivity index (χ3n) is 3.18. The van der Waals surface area contributed by atoms with Crippen LogP contribution in [0.15, 0.2) is 47.8 Å². The largest absolute Gasteiger partial charge is 0.351 e. The molecule has 0 bridgehead atoms. The van der Waals surface area contributed by atoms with Crippen molar-refractivity contribution in [3.63, 3.8) is 0 Å². The number of nitrogens with zero attached hydrogens (tertiary/aromatic N) is 1. The summed E-state index contributed by atoms with van der Waals surface area (Å²) in [6.45, 7) is 2.12. The Balaban J connectivity index is 1.69. The van der Waals surface area contributed by atoms with Crippen molar-refractivity contribution in [1.82, 2.24) is 10.3 Å². The van der Waals surface area contributed by atoms with E-state index in [1.807, 2.05) is 12.1 Å². The molecule has 3 rings (SSSR count). The van der Waals surface area contributed by atoms with Gasteiger partial charge in [-0.05, 0) is 17.7 Å². The van der Waals surface area contributed by atoms with Crippen molar-refractivity contribution in [2.45, 2.75) is 19.9 Å². The van der Waals surface area contributed by atoms with Crippen LogP contribution in [0, 0.1) is 0 Å². The van der Waals surface area contributed by atoms with Crippen LogP contribution in [0.5, 0.6) is 0 Å². The lowest BCUT2D eigenvalue weighted by atomic mass is 10.2. The van der Waals surface area contributed by atoms with Crippen LogP contribution in [0.1, 0.15) is 22.4 Å². The fraction of sp³-hybridized carbons (Fsp3) is 0.176. The van der Waals surface area contributed by atoms with Crippen molar-refractivity contribution < 1.29 is 4.79 Å². The van der Waals surface area contributed by atoms with Crippen LogP contribution in [0.4, 0.5) is 0 Å². The summed E-state index contributed by atoms with van der Waals surface area (Å²) in [4.78, 5) is 18.0. The molecule has 1 N–H and O–H groups in total. The van der Waals surface area contributed by atoms with Gasteiger partial charge in [-0.15, -0.1) is 22.7 Å². The first-order valence-electron chi connectivity index (χ1n) is 7.02. The Kier molecular flexibility index (Phi) is 4.65. The molecule has 2 heterocycles. The van der Waals surface area contributed by atoms with E-state index in [2.05, 4.69) is 41.0 Å². The van der Waals surface area contributed by atoms with Gasteiger partial charge in [-0.2, -0.15) is 0 Å². The maximum atomic E-state index is 11.0. The van der Waals surface area contributed by atoms with Gasteiger partial charge in [-0.1, -0.05) is 30.3 Å². The van der Waals surface area contributed by atoms with Crippen LogP contribution in [0.2, 0.25) is 0 Å². The zero-order valence-corrected chi connectivity index (χ0v) is 13.8. The first-order chi connectivity index (χ1) is 10.7. The quantitative estimate of drug-likeness (QED) is 0.766. The van der Waals surface area contributed by atoms with Crippen LogP contribution in [0.25, 0.3) is 10.6 Å². The molecule has 0 saturated carbocycles. The van der Waals surface area contributed by atoms with Crippen LogP contribution in [0.3, 0.4) is 0 Å². The summed E-state index contributed by atoms with van der Waals surface area (Å²) in [6, 6.07) is 14.5. The average Bonchev–Trinajstić information content (AvgIpc) is 3.15. The zero-order chi connectivity index (χ0) is 15.4. The fourth-order valence-corrected chi connectivity index (χ4v) is 3.91. The second-order valence-corrected chi connectivity index (χ2v) is 7.08. The molecular formula is C17H16N2OS2. The smallest absolute Gasteiger partial charge is 0.217 e. The fourth-order valence-electron chi connectivity index (χ4n) is 2.10. The van der Waals surface area contributed by atoms with E-state index < -0.39 is 0 Å². The van der Waals surface area contributed by atoms with Gasteiger partial charge in [-0.25, -0.2) is 4.98 Å². The average molecular weight is 328 g/mol. The van der Waals surface area contributed by atoms with Gasteiger partial charge in [0.05, 0.1) is 22.1 Å². The summed E-state index contributed by atoms with van der Waals surface area (Å²) >= 11 is 3.37. The van der Waals surface area contributed by atoms with Gasteiger partial charge in [-0.3, -0.25) is 4.79 Å². The normalized spacial score (nSPS) is 10.6. The number of aromatic nitrogens is 1. The Morgan fingerprint density at radius 1 is 1.18 bits per heavy atom. The zero-order valence-electron chi connectivity index (χ0n) is 12.2. The molecular weight excluding hydrogens is 312 g/mol. The van der Waals surface area contributed by atoms with E-state index in [0.29, 0.717) is 6.54 Å².